The van der Waals surface area contributed by atoms with Gasteiger partial charge in [-0.15, -0.1) is 0 Å². The zero-order valence-electron chi connectivity index (χ0n) is 20.4. The Bertz CT molecular complexity index is 1260. The van der Waals surface area contributed by atoms with Gasteiger partial charge < -0.3 is 9.47 Å². The van der Waals surface area contributed by atoms with Gasteiger partial charge in [-0.3, -0.25) is 19.5 Å². The Morgan fingerprint density at radius 2 is 1.59 bits per heavy atom. The van der Waals surface area contributed by atoms with Gasteiger partial charge >= 0.3 is 12.1 Å². The largest absolute Gasteiger partial charge is 0.460 e. The minimum absolute atomic E-state index is 0.209. The van der Waals surface area contributed by atoms with Gasteiger partial charge in [0.05, 0.1) is 18.2 Å². The highest BCUT2D eigenvalue weighted by molar-refractivity contribution is 5.89. The number of rotatable bonds is 7. The molecule has 0 N–H and O–H groups in total. The zero-order chi connectivity index (χ0) is 25.6. The Morgan fingerprint density at radius 3 is 2.27 bits per heavy atom. The molecule has 0 spiro atoms. The smallest absolute Gasteiger partial charge is 0.416 e. The molecular weight excluding hydrogens is 468 g/mol. The van der Waals surface area contributed by atoms with Crippen LogP contribution in [0.2, 0.25) is 0 Å². The van der Waals surface area contributed by atoms with Crippen LogP contribution in [0.15, 0.2) is 84.9 Å². The topological polar surface area (TPSA) is 86.1 Å². The molecule has 2 atom stereocenters. The number of benzene rings is 3. The van der Waals surface area contributed by atoms with Crippen LogP contribution in [0.1, 0.15) is 16.7 Å². The fourth-order valence-corrected chi connectivity index (χ4v) is 4.72. The molecular formula is C29H28N4O4. The van der Waals surface area contributed by atoms with E-state index in [0.717, 1.165) is 11.1 Å². The van der Waals surface area contributed by atoms with E-state index in [1.807, 2.05) is 65.6 Å². The molecule has 2 unspecified atom stereocenters. The van der Waals surface area contributed by atoms with Gasteiger partial charge in [-0.05, 0) is 35.4 Å². The van der Waals surface area contributed by atoms with Crippen molar-refractivity contribution in [1.82, 2.24) is 9.80 Å². The van der Waals surface area contributed by atoms with E-state index in [4.69, 9.17) is 14.7 Å². The average Bonchev–Trinajstić information content (AvgIpc) is 3.34. The standard InChI is InChI=1S/C29H28N4O4/c30-17-22-11-13-25(14-12-22)33-20-27(37-29(33)35)32-16-15-31(18-23-7-3-1-4-8-23)26(19-32)28(34)36-21-24-9-5-2-6-10-24/h1-14,26-27H,15-16,18-21H2. The summed E-state index contributed by atoms with van der Waals surface area (Å²) in [6.07, 6.45) is -0.920. The third-order valence-electron chi connectivity index (χ3n) is 6.76. The van der Waals surface area contributed by atoms with Crippen LogP contribution in [0.25, 0.3) is 0 Å². The van der Waals surface area contributed by atoms with Crippen LogP contribution in [0.4, 0.5) is 10.5 Å². The molecule has 188 valence electrons. The van der Waals surface area contributed by atoms with E-state index in [9.17, 15) is 9.59 Å². The minimum Gasteiger partial charge on any atom is -0.460 e. The van der Waals surface area contributed by atoms with Gasteiger partial charge in [-0.2, -0.15) is 5.26 Å². The Labute approximate surface area is 216 Å². The zero-order valence-corrected chi connectivity index (χ0v) is 20.4. The van der Waals surface area contributed by atoms with Crippen molar-refractivity contribution in [1.29, 1.82) is 5.26 Å². The summed E-state index contributed by atoms with van der Waals surface area (Å²) in [7, 11) is 0. The average molecular weight is 497 g/mol. The van der Waals surface area contributed by atoms with Crippen molar-refractivity contribution in [2.24, 2.45) is 0 Å². The summed E-state index contributed by atoms with van der Waals surface area (Å²) in [5, 5.41) is 9.04. The van der Waals surface area contributed by atoms with E-state index in [2.05, 4.69) is 11.0 Å². The van der Waals surface area contributed by atoms with Crippen molar-refractivity contribution < 1.29 is 19.1 Å². The molecule has 2 aliphatic rings. The number of piperazine rings is 1. The van der Waals surface area contributed by atoms with Gasteiger partial charge in [0.15, 0.2) is 6.23 Å². The maximum Gasteiger partial charge on any atom is 0.416 e. The van der Waals surface area contributed by atoms with Crippen LogP contribution < -0.4 is 4.90 Å². The first-order valence-corrected chi connectivity index (χ1v) is 12.3. The normalized spacial score (nSPS) is 20.3. The van der Waals surface area contributed by atoms with Crippen LogP contribution in [0, 0.1) is 11.3 Å². The molecule has 37 heavy (non-hydrogen) atoms. The number of carbonyl (C=O) groups is 2. The summed E-state index contributed by atoms with van der Waals surface area (Å²) in [4.78, 5) is 31.7. The Morgan fingerprint density at radius 1 is 0.919 bits per heavy atom. The van der Waals surface area contributed by atoms with Crippen LogP contribution in [-0.4, -0.2) is 60.3 Å². The van der Waals surface area contributed by atoms with E-state index in [1.54, 1.807) is 29.2 Å². The molecule has 3 aromatic carbocycles. The summed E-state index contributed by atoms with van der Waals surface area (Å²) >= 11 is 0. The highest BCUT2D eigenvalue weighted by Crippen LogP contribution is 2.26. The lowest BCUT2D eigenvalue weighted by Crippen LogP contribution is -2.59. The lowest BCUT2D eigenvalue weighted by molar-refractivity contribution is -0.156. The molecule has 0 saturated carbocycles. The summed E-state index contributed by atoms with van der Waals surface area (Å²) in [5.41, 5.74) is 3.25. The lowest BCUT2D eigenvalue weighted by atomic mass is 10.1. The number of esters is 1. The molecule has 3 aromatic rings. The Kier molecular flexibility index (Phi) is 7.45. The third kappa shape index (κ3) is 5.80. The van der Waals surface area contributed by atoms with E-state index < -0.39 is 18.4 Å². The third-order valence-corrected chi connectivity index (χ3v) is 6.76. The summed E-state index contributed by atoms with van der Waals surface area (Å²) < 4.78 is 11.4. The number of anilines is 1. The highest BCUT2D eigenvalue weighted by Gasteiger charge is 2.41. The molecule has 2 aliphatic heterocycles. The van der Waals surface area contributed by atoms with Gasteiger partial charge in [0.2, 0.25) is 0 Å². The number of nitriles is 1. The highest BCUT2D eigenvalue weighted by atomic mass is 16.6. The van der Waals surface area contributed by atoms with Gasteiger partial charge in [0.25, 0.3) is 0 Å². The molecule has 2 heterocycles. The van der Waals surface area contributed by atoms with Crippen LogP contribution in [0.3, 0.4) is 0 Å². The number of ether oxygens (including phenoxy) is 2. The van der Waals surface area contributed by atoms with Gasteiger partial charge in [0.1, 0.15) is 12.6 Å². The molecule has 0 aromatic heterocycles. The second kappa shape index (κ2) is 11.2. The maximum atomic E-state index is 13.3. The van der Waals surface area contributed by atoms with Crippen molar-refractivity contribution in [3.63, 3.8) is 0 Å². The van der Waals surface area contributed by atoms with Crippen LogP contribution >= 0.6 is 0 Å². The summed E-state index contributed by atoms with van der Waals surface area (Å²) in [6.45, 7) is 2.84. The van der Waals surface area contributed by atoms with Gasteiger partial charge in [-0.25, -0.2) is 4.79 Å². The number of hydrogen-bond acceptors (Lipinski definition) is 7. The SMILES string of the molecule is N#Cc1ccc(N2CC(N3CCN(Cc4ccccc4)C(C(=O)OCc4ccccc4)C3)OC2=O)cc1. The second-order valence-corrected chi connectivity index (χ2v) is 9.17. The van der Waals surface area contributed by atoms with Crippen LogP contribution in [-0.2, 0) is 27.4 Å². The van der Waals surface area contributed by atoms with Crippen molar-refractivity contribution in [2.45, 2.75) is 25.4 Å². The van der Waals surface area contributed by atoms with Crippen molar-refractivity contribution in [2.75, 3.05) is 31.1 Å². The first kappa shape index (κ1) is 24.5. The first-order valence-electron chi connectivity index (χ1n) is 12.3. The van der Waals surface area contributed by atoms with E-state index >= 15 is 0 Å². The van der Waals surface area contributed by atoms with Crippen molar-refractivity contribution >= 4 is 17.7 Å². The van der Waals surface area contributed by atoms with Crippen LogP contribution in [0.5, 0.6) is 0 Å². The molecule has 0 bridgehead atoms. The number of nitrogens with zero attached hydrogens (tertiary/aromatic N) is 4. The van der Waals surface area contributed by atoms with E-state index in [1.165, 1.54) is 0 Å². The Balaban J connectivity index is 1.28. The van der Waals surface area contributed by atoms with Gasteiger partial charge in [-0.1, -0.05) is 60.7 Å². The minimum atomic E-state index is -0.500. The maximum absolute atomic E-state index is 13.3. The number of amides is 1. The fraction of sp³-hybridized carbons (Fsp3) is 0.276. The molecule has 1 amide bonds. The van der Waals surface area contributed by atoms with Gasteiger partial charge in [0, 0.05) is 31.9 Å². The van der Waals surface area contributed by atoms with Crippen molar-refractivity contribution in [3.05, 3.63) is 102 Å². The molecule has 8 nitrogen and oxygen atoms in total. The summed E-state index contributed by atoms with van der Waals surface area (Å²) in [5.74, 6) is -0.294. The first-order chi connectivity index (χ1) is 18.1. The molecule has 5 rings (SSSR count). The number of cyclic esters (lactones) is 1. The predicted octanol–water partition coefficient (Wildman–Crippen LogP) is 3.77. The monoisotopic (exact) mass is 496 g/mol. The molecule has 0 aliphatic carbocycles. The quantitative estimate of drug-likeness (QED) is 0.460. The molecule has 8 heteroatoms. The molecule has 0 radical (unpaired) electrons. The predicted molar refractivity (Wildman–Crippen MR) is 137 cm³/mol. The van der Waals surface area contributed by atoms with Crippen molar-refractivity contribution in [3.8, 4) is 6.07 Å². The van der Waals surface area contributed by atoms with E-state index in [0.29, 0.717) is 44.0 Å². The lowest BCUT2D eigenvalue weighted by Gasteiger charge is -2.41. The molecule has 2 saturated heterocycles. The number of hydrogen-bond donors (Lipinski definition) is 0. The second-order valence-electron chi connectivity index (χ2n) is 9.17. The summed E-state index contributed by atoms with van der Waals surface area (Å²) in [6, 6.07) is 28.1. The van der Waals surface area contributed by atoms with E-state index in [-0.39, 0.29) is 12.6 Å². The number of carbonyl (C=O) groups excluding carboxylic acids is 2. The Hall–Kier alpha value is -4.19. The molecule has 2 fully saturated rings. The fourth-order valence-electron chi connectivity index (χ4n) is 4.72.